The van der Waals surface area contributed by atoms with Crippen molar-refractivity contribution in [1.29, 1.82) is 0 Å². The second-order valence-corrected chi connectivity index (χ2v) is 6.09. The van der Waals surface area contributed by atoms with E-state index in [2.05, 4.69) is 27.3 Å². The molecule has 1 aliphatic heterocycles. The van der Waals surface area contributed by atoms with E-state index in [1.807, 2.05) is 12.1 Å². The number of thiazole rings is 1. The molecule has 6 heteroatoms. The van der Waals surface area contributed by atoms with Crippen LogP contribution in [0.25, 0.3) is 0 Å². The highest BCUT2D eigenvalue weighted by molar-refractivity contribution is 7.17. The van der Waals surface area contributed by atoms with Crippen molar-refractivity contribution < 1.29 is 9.90 Å². The highest BCUT2D eigenvalue weighted by Crippen LogP contribution is 2.25. The van der Waals surface area contributed by atoms with Crippen LogP contribution in [0.2, 0.25) is 0 Å². The van der Waals surface area contributed by atoms with E-state index in [0.717, 1.165) is 30.1 Å². The van der Waals surface area contributed by atoms with Crippen LogP contribution in [0.15, 0.2) is 30.5 Å². The first-order valence-corrected chi connectivity index (χ1v) is 7.85. The lowest BCUT2D eigenvalue weighted by molar-refractivity contribution is 0.0702. The SMILES string of the molecule is O=C(O)c1cnc(Nc2ccc(N3CCCCC3)cc2)s1. The summed E-state index contributed by atoms with van der Waals surface area (Å²) in [5.41, 5.74) is 2.16. The molecule has 1 fully saturated rings. The lowest BCUT2D eigenvalue weighted by Gasteiger charge is -2.28. The summed E-state index contributed by atoms with van der Waals surface area (Å²) >= 11 is 1.14. The molecule has 2 aromatic rings. The average Bonchev–Trinajstić information content (AvgIpc) is 2.98. The fourth-order valence-corrected chi connectivity index (χ4v) is 3.14. The molecule has 21 heavy (non-hydrogen) atoms. The Morgan fingerprint density at radius 2 is 1.90 bits per heavy atom. The molecule has 1 aromatic carbocycles. The summed E-state index contributed by atoms with van der Waals surface area (Å²) in [6.07, 6.45) is 5.22. The maximum absolute atomic E-state index is 10.8. The lowest BCUT2D eigenvalue weighted by atomic mass is 10.1. The van der Waals surface area contributed by atoms with Crippen LogP contribution >= 0.6 is 11.3 Å². The van der Waals surface area contributed by atoms with Crippen LogP contribution in [0, 0.1) is 0 Å². The van der Waals surface area contributed by atoms with Crippen molar-refractivity contribution in [3.63, 3.8) is 0 Å². The summed E-state index contributed by atoms with van der Waals surface area (Å²) in [7, 11) is 0. The maximum Gasteiger partial charge on any atom is 0.347 e. The predicted octanol–water partition coefficient (Wildman–Crippen LogP) is 3.58. The van der Waals surface area contributed by atoms with Gasteiger partial charge in [-0.1, -0.05) is 11.3 Å². The van der Waals surface area contributed by atoms with Crippen LogP contribution in [0.3, 0.4) is 0 Å². The quantitative estimate of drug-likeness (QED) is 0.904. The number of aromatic nitrogens is 1. The van der Waals surface area contributed by atoms with E-state index in [9.17, 15) is 4.79 Å². The van der Waals surface area contributed by atoms with Crippen molar-refractivity contribution in [2.24, 2.45) is 0 Å². The highest BCUT2D eigenvalue weighted by Gasteiger charge is 2.11. The number of carboxylic acids is 1. The zero-order chi connectivity index (χ0) is 14.7. The van der Waals surface area contributed by atoms with Gasteiger partial charge in [0.2, 0.25) is 0 Å². The van der Waals surface area contributed by atoms with Gasteiger partial charge >= 0.3 is 5.97 Å². The lowest BCUT2D eigenvalue weighted by Crippen LogP contribution is -2.29. The molecule has 0 radical (unpaired) electrons. The second kappa shape index (κ2) is 6.13. The minimum Gasteiger partial charge on any atom is -0.477 e. The second-order valence-electron chi connectivity index (χ2n) is 5.05. The fourth-order valence-electron chi connectivity index (χ4n) is 2.46. The first-order valence-electron chi connectivity index (χ1n) is 7.03. The van der Waals surface area contributed by atoms with Gasteiger partial charge in [0.15, 0.2) is 5.13 Å². The molecule has 0 unspecified atom stereocenters. The van der Waals surface area contributed by atoms with Crippen molar-refractivity contribution in [3.05, 3.63) is 35.3 Å². The number of hydrogen-bond acceptors (Lipinski definition) is 5. The van der Waals surface area contributed by atoms with Gasteiger partial charge in [0.1, 0.15) is 4.88 Å². The van der Waals surface area contributed by atoms with Crippen LogP contribution in [0.1, 0.15) is 28.9 Å². The number of carboxylic acid groups (broad SMARTS) is 1. The van der Waals surface area contributed by atoms with Gasteiger partial charge in [-0.3, -0.25) is 0 Å². The van der Waals surface area contributed by atoms with Crippen LogP contribution in [0.5, 0.6) is 0 Å². The van der Waals surface area contributed by atoms with E-state index in [-0.39, 0.29) is 4.88 Å². The van der Waals surface area contributed by atoms with E-state index in [4.69, 9.17) is 5.11 Å². The smallest absolute Gasteiger partial charge is 0.347 e. The number of piperidine rings is 1. The molecule has 1 saturated heterocycles. The van der Waals surface area contributed by atoms with Gasteiger partial charge in [-0.2, -0.15) is 0 Å². The molecule has 0 saturated carbocycles. The van der Waals surface area contributed by atoms with Crippen molar-refractivity contribution in [1.82, 2.24) is 4.98 Å². The van der Waals surface area contributed by atoms with Crippen LogP contribution in [-0.4, -0.2) is 29.1 Å². The van der Waals surface area contributed by atoms with Gasteiger partial charge in [0.05, 0.1) is 6.20 Å². The van der Waals surface area contributed by atoms with Crippen LogP contribution < -0.4 is 10.2 Å². The van der Waals surface area contributed by atoms with E-state index in [1.165, 1.54) is 31.1 Å². The Labute approximate surface area is 127 Å². The maximum atomic E-state index is 10.8. The Morgan fingerprint density at radius 3 is 2.52 bits per heavy atom. The molecule has 110 valence electrons. The Balaban J connectivity index is 1.67. The highest BCUT2D eigenvalue weighted by atomic mass is 32.1. The third-order valence-corrected chi connectivity index (χ3v) is 4.46. The monoisotopic (exact) mass is 303 g/mol. The molecule has 5 nitrogen and oxygen atoms in total. The molecule has 0 spiro atoms. The third-order valence-electron chi connectivity index (χ3n) is 3.56. The van der Waals surface area contributed by atoms with Gasteiger partial charge in [0.25, 0.3) is 0 Å². The van der Waals surface area contributed by atoms with Crippen molar-refractivity contribution in [2.75, 3.05) is 23.3 Å². The van der Waals surface area contributed by atoms with Gasteiger partial charge in [0, 0.05) is 24.5 Å². The van der Waals surface area contributed by atoms with Crippen molar-refractivity contribution in [2.45, 2.75) is 19.3 Å². The summed E-state index contributed by atoms with van der Waals surface area (Å²) in [4.78, 5) is 17.5. The van der Waals surface area contributed by atoms with Gasteiger partial charge in [-0.25, -0.2) is 9.78 Å². The molecule has 1 aliphatic rings. The third kappa shape index (κ3) is 3.33. The minimum absolute atomic E-state index is 0.238. The normalized spacial score (nSPS) is 15.0. The number of aromatic carboxylic acids is 1. The van der Waals surface area contributed by atoms with Crippen molar-refractivity contribution >= 4 is 33.8 Å². The first-order chi connectivity index (χ1) is 10.2. The number of nitrogens with zero attached hydrogens (tertiary/aromatic N) is 2. The fraction of sp³-hybridized carbons (Fsp3) is 0.333. The van der Waals surface area contributed by atoms with E-state index in [0.29, 0.717) is 5.13 Å². The number of benzene rings is 1. The summed E-state index contributed by atoms with van der Waals surface area (Å²) < 4.78 is 0. The number of carbonyl (C=O) groups is 1. The minimum atomic E-state index is -0.944. The van der Waals surface area contributed by atoms with E-state index >= 15 is 0 Å². The molecule has 2 N–H and O–H groups in total. The summed E-state index contributed by atoms with van der Waals surface area (Å²) in [6, 6.07) is 8.20. The molecule has 0 atom stereocenters. The van der Waals surface area contributed by atoms with E-state index in [1.54, 1.807) is 0 Å². The van der Waals surface area contributed by atoms with Crippen LogP contribution in [0.4, 0.5) is 16.5 Å². The topological polar surface area (TPSA) is 65.5 Å². The molecule has 1 aromatic heterocycles. The van der Waals surface area contributed by atoms with Gasteiger partial charge < -0.3 is 15.3 Å². The number of anilines is 3. The summed E-state index contributed by atoms with van der Waals surface area (Å²) in [5.74, 6) is -0.944. The van der Waals surface area contributed by atoms with E-state index < -0.39 is 5.97 Å². The zero-order valence-corrected chi connectivity index (χ0v) is 12.4. The molecule has 2 heterocycles. The molecule has 3 rings (SSSR count). The standard InChI is InChI=1S/C15H17N3O2S/c19-14(20)13-10-16-15(21-13)17-11-4-6-12(7-5-11)18-8-2-1-3-9-18/h4-7,10H,1-3,8-9H2,(H,16,17)(H,19,20). The van der Waals surface area contributed by atoms with Gasteiger partial charge in [-0.15, -0.1) is 0 Å². The molecule has 0 bridgehead atoms. The predicted molar refractivity (Wildman–Crippen MR) is 84.9 cm³/mol. The average molecular weight is 303 g/mol. The first kappa shape index (κ1) is 13.9. The summed E-state index contributed by atoms with van der Waals surface area (Å²) in [6.45, 7) is 2.25. The van der Waals surface area contributed by atoms with Crippen molar-refractivity contribution in [3.8, 4) is 0 Å². The van der Waals surface area contributed by atoms with Gasteiger partial charge in [-0.05, 0) is 43.5 Å². The summed E-state index contributed by atoms with van der Waals surface area (Å²) in [5, 5.41) is 12.6. The largest absolute Gasteiger partial charge is 0.477 e. The Bertz CT molecular complexity index is 618. The van der Waals surface area contributed by atoms with Crippen LogP contribution in [-0.2, 0) is 0 Å². The number of rotatable bonds is 4. The molecule has 0 aliphatic carbocycles. The zero-order valence-electron chi connectivity index (χ0n) is 11.6. The Morgan fingerprint density at radius 1 is 1.19 bits per heavy atom. The molecular weight excluding hydrogens is 286 g/mol. The Kier molecular flexibility index (Phi) is 4.06. The molecule has 0 amide bonds. The molecular formula is C15H17N3O2S. The number of nitrogens with one attached hydrogen (secondary N) is 1. The Hall–Kier alpha value is -2.08. The number of hydrogen-bond donors (Lipinski definition) is 2.